The monoisotopic (exact) mass is 332 g/mol. The number of carbonyl (C=O) groups is 1. The number of benzene rings is 2. The van der Waals surface area contributed by atoms with Crippen LogP contribution in [0.1, 0.15) is 16.1 Å². The molecule has 122 valence electrons. The van der Waals surface area contributed by atoms with E-state index in [1.54, 1.807) is 30.3 Å². The zero-order valence-corrected chi connectivity index (χ0v) is 13.0. The summed E-state index contributed by atoms with van der Waals surface area (Å²) >= 11 is 0. The lowest BCUT2D eigenvalue weighted by Gasteiger charge is -2.09. The van der Waals surface area contributed by atoms with Crippen molar-refractivity contribution >= 4 is 23.0 Å². The lowest BCUT2D eigenvalue weighted by Crippen LogP contribution is -2.13. The number of para-hydroxylation sites is 1. The molecule has 5 nitrogen and oxygen atoms in total. The third-order valence-electron chi connectivity index (χ3n) is 3.42. The SMILES string of the molecule is N#Cc1ccccc1Nc1ccnc(C(=O)Nc2ccc(F)cc2)c1. The van der Waals surface area contributed by atoms with E-state index in [9.17, 15) is 9.18 Å². The summed E-state index contributed by atoms with van der Waals surface area (Å²) in [6.45, 7) is 0. The number of aromatic nitrogens is 1. The second-order valence-electron chi connectivity index (χ2n) is 5.17. The number of nitrogens with zero attached hydrogens (tertiary/aromatic N) is 2. The van der Waals surface area contributed by atoms with Gasteiger partial charge in [-0.25, -0.2) is 4.39 Å². The minimum Gasteiger partial charge on any atom is -0.354 e. The highest BCUT2D eigenvalue weighted by Gasteiger charge is 2.09. The number of pyridine rings is 1. The largest absolute Gasteiger partial charge is 0.354 e. The van der Waals surface area contributed by atoms with Gasteiger partial charge in [-0.3, -0.25) is 9.78 Å². The molecule has 0 unspecified atom stereocenters. The van der Waals surface area contributed by atoms with E-state index in [0.29, 0.717) is 22.6 Å². The Bertz CT molecular complexity index is 948. The molecule has 6 heteroatoms. The third kappa shape index (κ3) is 3.98. The fourth-order valence-corrected chi connectivity index (χ4v) is 2.21. The van der Waals surface area contributed by atoms with Crippen molar-refractivity contribution in [1.29, 1.82) is 5.26 Å². The molecule has 1 aromatic heterocycles. The van der Waals surface area contributed by atoms with Crippen LogP contribution in [0.4, 0.5) is 21.5 Å². The smallest absolute Gasteiger partial charge is 0.274 e. The summed E-state index contributed by atoms with van der Waals surface area (Å²) in [6.07, 6.45) is 1.50. The highest BCUT2D eigenvalue weighted by molar-refractivity contribution is 6.03. The molecule has 0 atom stereocenters. The van der Waals surface area contributed by atoms with Crippen LogP contribution in [0.15, 0.2) is 66.9 Å². The minimum absolute atomic E-state index is 0.198. The van der Waals surface area contributed by atoms with Gasteiger partial charge in [-0.15, -0.1) is 0 Å². The fraction of sp³-hybridized carbons (Fsp3) is 0. The Morgan fingerprint density at radius 2 is 1.80 bits per heavy atom. The lowest BCUT2D eigenvalue weighted by molar-refractivity contribution is 0.102. The predicted molar refractivity (Wildman–Crippen MR) is 93.0 cm³/mol. The standard InChI is InChI=1S/C19H13FN4O/c20-14-5-7-15(8-6-14)24-19(25)18-11-16(9-10-22-18)23-17-4-2-1-3-13(17)12-21/h1-11H,(H,22,23)(H,24,25). The van der Waals surface area contributed by atoms with Crippen LogP contribution in [0.3, 0.4) is 0 Å². The van der Waals surface area contributed by atoms with Crippen molar-refractivity contribution in [2.24, 2.45) is 0 Å². The Labute approximate surface area is 143 Å². The van der Waals surface area contributed by atoms with Gasteiger partial charge in [-0.05, 0) is 48.5 Å². The van der Waals surface area contributed by atoms with E-state index >= 15 is 0 Å². The van der Waals surface area contributed by atoms with Gasteiger partial charge in [0.05, 0.1) is 11.3 Å². The first-order chi connectivity index (χ1) is 12.2. The first-order valence-electron chi connectivity index (χ1n) is 7.45. The van der Waals surface area contributed by atoms with Gasteiger partial charge in [-0.2, -0.15) is 5.26 Å². The predicted octanol–water partition coefficient (Wildman–Crippen LogP) is 4.09. The molecule has 2 aromatic carbocycles. The molecule has 0 aliphatic heterocycles. The number of amides is 1. The number of nitrogens with one attached hydrogen (secondary N) is 2. The summed E-state index contributed by atoms with van der Waals surface area (Å²) < 4.78 is 12.9. The Morgan fingerprint density at radius 1 is 1.04 bits per heavy atom. The molecule has 0 aliphatic carbocycles. The molecule has 0 aliphatic rings. The molecular formula is C19H13FN4O. The van der Waals surface area contributed by atoms with E-state index in [0.717, 1.165) is 0 Å². The average Bonchev–Trinajstić information content (AvgIpc) is 2.64. The molecule has 0 radical (unpaired) electrons. The number of hydrogen-bond donors (Lipinski definition) is 2. The minimum atomic E-state index is -0.413. The van der Waals surface area contributed by atoms with Gasteiger partial charge in [0.25, 0.3) is 5.91 Å². The van der Waals surface area contributed by atoms with Gasteiger partial charge in [-0.1, -0.05) is 12.1 Å². The summed E-state index contributed by atoms with van der Waals surface area (Å²) in [5.41, 5.74) is 2.44. The second kappa shape index (κ2) is 7.23. The number of anilines is 3. The van der Waals surface area contributed by atoms with Crippen LogP contribution in [0.2, 0.25) is 0 Å². The number of nitriles is 1. The van der Waals surface area contributed by atoms with E-state index in [1.807, 2.05) is 6.07 Å². The maximum absolute atomic E-state index is 12.9. The van der Waals surface area contributed by atoms with E-state index < -0.39 is 5.91 Å². The number of hydrogen-bond acceptors (Lipinski definition) is 4. The first kappa shape index (κ1) is 16.1. The number of carbonyl (C=O) groups excluding carboxylic acids is 1. The number of halogens is 1. The fourth-order valence-electron chi connectivity index (χ4n) is 2.21. The first-order valence-corrected chi connectivity index (χ1v) is 7.45. The van der Waals surface area contributed by atoms with Gasteiger partial charge in [0.15, 0.2) is 0 Å². The molecule has 1 heterocycles. The summed E-state index contributed by atoms with van der Waals surface area (Å²) in [6, 6.07) is 17.9. The highest BCUT2D eigenvalue weighted by atomic mass is 19.1. The van der Waals surface area contributed by atoms with Crippen LogP contribution >= 0.6 is 0 Å². The van der Waals surface area contributed by atoms with Crippen LogP contribution in [0.25, 0.3) is 0 Å². The average molecular weight is 332 g/mol. The van der Waals surface area contributed by atoms with E-state index in [-0.39, 0.29) is 11.5 Å². The second-order valence-corrected chi connectivity index (χ2v) is 5.17. The molecule has 0 saturated heterocycles. The third-order valence-corrected chi connectivity index (χ3v) is 3.42. The van der Waals surface area contributed by atoms with Crippen molar-refractivity contribution in [2.75, 3.05) is 10.6 Å². The van der Waals surface area contributed by atoms with E-state index in [2.05, 4.69) is 21.7 Å². The molecule has 2 N–H and O–H groups in total. The van der Waals surface area contributed by atoms with Crippen LogP contribution < -0.4 is 10.6 Å². The van der Waals surface area contributed by atoms with Gasteiger partial charge in [0, 0.05) is 17.6 Å². The van der Waals surface area contributed by atoms with Crippen molar-refractivity contribution < 1.29 is 9.18 Å². The summed E-state index contributed by atoms with van der Waals surface area (Å²) in [7, 11) is 0. The molecule has 0 fully saturated rings. The van der Waals surface area contributed by atoms with Crippen LogP contribution in [-0.2, 0) is 0 Å². The molecule has 3 rings (SSSR count). The van der Waals surface area contributed by atoms with Crippen LogP contribution in [0.5, 0.6) is 0 Å². The molecule has 25 heavy (non-hydrogen) atoms. The van der Waals surface area contributed by atoms with Gasteiger partial charge in [0.1, 0.15) is 17.6 Å². The number of rotatable bonds is 4. The quantitative estimate of drug-likeness (QED) is 0.754. The Balaban J connectivity index is 1.78. The topological polar surface area (TPSA) is 77.8 Å². The van der Waals surface area contributed by atoms with Gasteiger partial charge < -0.3 is 10.6 Å². The summed E-state index contributed by atoms with van der Waals surface area (Å²) in [5, 5.41) is 14.9. The summed E-state index contributed by atoms with van der Waals surface area (Å²) in [5.74, 6) is -0.790. The summed E-state index contributed by atoms with van der Waals surface area (Å²) in [4.78, 5) is 16.3. The zero-order valence-electron chi connectivity index (χ0n) is 13.0. The van der Waals surface area contributed by atoms with Gasteiger partial charge >= 0.3 is 0 Å². The molecule has 3 aromatic rings. The van der Waals surface area contributed by atoms with E-state index in [4.69, 9.17) is 5.26 Å². The molecular weight excluding hydrogens is 319 g/mol. The molecule has 0 spiro atoms. The van der Waals surface area contributed by atoms with Crippen LogP contribution in [0, 0.1) is 17.1 Å². The zero-order chi connectivity index (χ0) is 17.6. The van der Waals surface area contributed by atoms with Crippen molar-refractivity contribution in [2.45, 2.75) is 0 Å². The highest BCUT2D eigenvalue weighted by Crippen LogP contribution is 2.20. The van der Waals surface area contributed by atoms with Crippen molar-refractivity contribution in [3.05, 3.63) is 83.9 Å². The Hall–Kier alpha value is -3.72. The van der Waals surface area contributed by atoms with E-state index in [1.165, 1.54) is 30.5 Å². The normalized spacial score (nSPS) is 9.92. The van der Waals surface area contributed by atoms with Crippen LogP contribution in [-0.4, -0.2) is 10.9 Å². The van der Waals surface area contributed by atoms with Gasteiger partial charge in [0.2, 0.25) is 0 Å². The Morgan fingerprint density at radius 3 is 2.56 bits per heavy atom. The molecule has 0 bridgehead atoms. The lowest BCUT2D eigenvalue weighted by atomic mass is 10.2. The molecule has 0 saturated carbocycles. The van der Waals surface area contributed by atoms with Crippen molar-refractivity contribution in [3.8, 4) is 6.07 Å². The van der Waals surface area contributed by atoms with Crippen molar-refractivity contribution in [3.63, 3.8) is 0 Å². The van der Waals surface area contributed by atoms with Crippen molar-refractivity contribution in [1.82, 2.24) is 4.98 Å². The maximum Gasteiger partial charge on any atom is 0.274 e. The Kier molecular flexibility index (Phi) is 4.67. The molecule has 1 amide bonds. The maximum atomic E-state index is 12.9.